The molecule has 1 fully saturated rings. The van der Waals surface area contributed by atoms with Crippen molar-refractivity contribution in [2.24, 2.45) is 0 Å². The summed E-state index contributed by atoms with van der Waals surface area (Å²) < 4.78 is 12.3. The zero-order chi connectivity index (χ0) is 23.2. The van der Waals surface area contributed by atoms with Gasteiger partial charge in [-0.05, 0) is 43.3 Å². The summed E-state index contributed by atoms with van der Waals surface area (Å²) >= 11 is 1.25. The third kappa shape index (κ3) is 5.55. The molecule has 8 nitrogen and oxygen atoms in total. The first-order valence-corrected chi connectivity index (χ1v) is 11.9. The number of nitrogens with one attached hydrogen (secondary N) is 1. The molecule has 33 heavy (non-hydrogen) atoms. The van der Waals surface area contributed by atoms with E-state index >= 15 is 0 Å². The van der Waals surface area contributed by atoms with E-state index < -0.39 is 0 Å². The number of anilines is 2. The molecule has 1 saturated heterocycles. The summed E-state index contributed by atoms with van der Waals surface area (Å²) in [5.41, 5.74) is 2.33. The van der Waals surface area contributed by atoms with Crippen LogP contribution in [0.4, 0.5) is 11.4 Å². The van der Waals surface area contributed by atoms with Gasteiger partial charge in [0.25, 0.3) is 5.56 Å². The normalized spacial score (nSPS) is 14.9. The maximum Gasteiger partial charge on any atom is 0.262 e. The highest BCUT2D eigenvalue weighted by atomic mass is 32.2. The predicted octanol–water partition coefficient (Wildman–Crippen LogP) is 3.17. The van der Waals surface area contributed by atoms with E-state index in [1.807, 2.05) is 49.4 Å². The molecule has 1 aliphatic heterocycles. The van der Waals surface area contributed by atoms with Crippen molar-refractivity contribution in [2.75, 3.05) is 56.0 Å². The number of para-hydroxylation sites is 1. The number of aromatic nitrogens is 2. The molecular weight excluding hydrogens is 440 g/mol. The van der Waals surface area contributed by atoms with Crippen LogP contribution in [0.3, 0.4) is 0 Å². The van der Waals surface area contributed by atoms with Gasteiger partial charge in [0, 0.05) is 31.6 Å². The Balaban J connectivity index is 1.45. The second-order valence-electron chi connectivity index (χ2n) is 7.87. The Morgan fingerprint density at radius 2 is 1.91 bits per heavy atom. The van der Waals surface area contributed by atoms with Crippen molar-refractivity contribution in [1.29, 1.82) is 0 Å². The Hall–Kier alpha value is -2.88. The van der Waals surface area contributed by atoms with Gasteiger partial charge in [0.05, 0.1) is 42.5 Å². The minimum Gasteiger partial charge on any atom is -0.383 e. The highest BCUT2D eigenvalue weighted by molar-refractivity contribution is 7.99. The molecule has 0 unspecified atom stereocenters. The maximum absolute atomic E-state index is 13.1. The van der Waals surface area contributed by atoms with Crippen LogP contribution >= 0.6 is 11.8 Å². The van der Waals surface area contributed by atoms with Gasteiger partial charge >= 0.3 is 0 Å². The first-order chi connectivity index (χ1) is 16.1. The summed E-state index contributed by atoms with van der Waals surface area (Å²) in [6, 6.07) is 14.8. The second-order valence-corrected chi connectivity index (χ2v) is 8.82. The van der Waals surface area contributed by atoms with Crippen molar-refractivity contribution in [1.82, 2.24) is 9.55 Å². The minimum absolute atomic E-state index is 0.133. The van der Waals surface area contributed by atoms with Gasteiger partial charge in [0.2, 0.25) is 5.91 Å². The molecule has 4 rings (SSSR count). The Labute approximate surface area is 196 Å². The van der Waals surface area contributed by atoms with E-state index in [0.29, 0.717) is 22.7 Å². The van der Waals surface area contributed by atoms with E-state index in [1.54, 1.807) is 17.7 Å². The molecule has 1 atom stereocenters. The molecule has 0 spiro atoms. The van der Waals surface area contributed by atoms with E-state index in [-0.39, 0.29) is 23.3 Å². The van der Waals surface area contributed by atoms with Crippen molar-refractivity contribution < 1.29 is 14.3 Å². The Bertz CT molecular complexity index is 1160. The minimum atomic E-state index is -0.210. The van der Waals surface area contributed by atoms with E-state index in [1.165, 1.54) is 11.8 Å². The zero-order valence-electron chi connectivity index (χ0n) is 18.8. The van der Waals surface area contributed by atoms with Gasteiger partial charge in [0.1, 0.15) is 0 Å². The fourth-order valence-electron chi connectivity index (χ4n) is 3.84. The molecular formula is C24H28N4O4S. The number of benzene rings is 2. The molecule has 2 heterocycles. The van der Waals surface area contributed by atoms with Crippen LogP contribution in [0, 0.1) is 0 Å². The highest BCUT2D eigenvalue weighted by Gasteiger charge is 2.18. The number of methoxy groups -OCH3 is 1. The van der Waals surface area contributed by atoms with Gasteiger partial charge in [-0.2, -0.15) is 0 Å². The lowest BCUT2D eigenvalue weighted by Crippen LogP contribution is -2.36. The van der Waals surface area contributed by atoms with Gasteiger partial charge in [-0.1, -0.05) is 23.9 Å². The van der Waals surface area contributed by atoms with Gasteiger partial charge in [-0.3, -0.25) is 14.2 Å². The van der Waals surface area contributed by atoms with Crippen LogP contribution < -0.4 is 15.8 Å². The Morgan fingerprint density at radius 3 is 2.64 bits per heavy atom. The highest BCUT2D eigenvalue weighted by Crippen LogP contribution is 2.23. The molecule has 9 heteroatoms. The number of rotatable bonds is 8. The van der Waals surface area contributed by atoms with E-state index in [9.17, 15) is 9.59 Å². The second kappa shape index (κ2) is 10.8. The van der Waals surface area contributed by atoms with Crippen molar-refractivity contribution >= 4 is 39.9 Å². The summed E-state index contributed by atoms with van der Waals surface area (Å²) in [7, 11) is 1.60. The number of hydrogen-bond acceptors (Lipinski definition) is 7. The third-order valence-electron chi connectivity index (χ3n) is 5.48. The summed E-state index contributed by atoms with van der Waals surface area (Å²) in [5, 5.41) is 3.98. The molecule has 0 aliphatic carbocycles. The van der Waals surface area contributed by atoms with Crippen LogP contribution in [0.5, 0.6) is 0 Å². The van der Waals surface area contributed by atoms with E-state index in [4.69, 9.17) is 9.47 Å². The fourth-order valence-corrected chi connectivity index (χ4v) is 4.73. The first-order valence-electron chi connectivity index (χ1n) is 10.9. The lowest BCUT2D eigenvalue weighted by molar-refractivity contribution is -0.113. The van der Waals surface area contributed by atoms with Gasteiger partial charge < -0.3 is 19.7 Å². The number of amides is 1. The molecule has 0 saturated carbocycles. The summed E-state index contributed by atoms with van der Waals surface area (Å²) in [4.78, 5) is 32.7. The van der Waals surface area contributed by atoms with Gasteiger partial charge in [-0.15, -0.1) is 0 Å². The SMILES string of the molecule is COC[C@H](C)n1c(SCC(=O)Nc2ccc(N3CCOCC3)cc2)nc2ccccc2c1=O. The average Bonchev–Trinajstić information content (AvgIpc) is 2.84. The van der Waals surface area contributed by atoms with E-state index in [0.717, 1.165) is 37.7 Å². The summed E-state index contributed by atoms with van der Waals surface area (Å²) in [5.74, 6) is -0.0251. The maximum atomic E-state index is 13.1. The molecule has 1 aromatic heterocycles. The number of ether oxygens (including phenoxy) is 2. The molecule has 1 amide bonds. The fraction of sp³-hybridized carbons (Fsp3) is 0.375. The van der Waals surface area contributed by atoms with Crippen LogP contribution in [0.15, 0.2) is 58.5 Å². The molecule has 3 aromatic rings. The van der Waals surface area contributed by atoms with E-state index in [2.05, 4.69) is 15.2 Å². The van der Waals surface area contributed by atoms with Crippen LogP contribution in [-0.2, 0) is 14.3 Å². The Morgan fingerprint density at radius 1 is 1.18 bits per heavy atom. The van der Waals surface area contributed by atoms with Crippen LogP contribution in [0.1, 0.15) is 13.0 Å². The number of carbonyl (C=O) groups is 1. The number of hydrogen-bond donors (Lipinski definition) is 1. The zero-order valence-corrected chi connectivity index (χ0v) is 19.6. The van der Waals surface area contributed by atoms with Crippen LogP contribution in [0.25, 0.3) is 10.9 Å². The van der Waals surface area contributed by atoms with Gasteiger partial charge in [0.15, 0.2) is 5.16 Å². The third-order valence-corrected chi connectivity index (χ3v) is 6.44. The average molecular weight is 469 g/mol. The number of morpholine rings is 1. The molecule has 2 aromatic carbocycles. The molecule has 174 valence electrons. The van der Waals surface area contributed by atoms with Crippen molar-refractivity contribution in [2.45, 2.75) is 18.1 Å². The lowest BCUT2D eigenvalue weighted by atomic mass is 10.2. The summed E-state index contributed by atoms with van der Waals surface area (Å²) in [6.07, 6.45) is 0. The number of fused-ring (bicyclic) bond motifs is 1. The molecule has 1 aliphatic rings. The molecule has 0 radical (unpaired) electrons. The molecule has 0 bridgehead atoms. The smallest absolute Gasteiger partial charge is 0.262 e. The van der Waals surface area contributed by atoms with Crippen molar-refractivity contribution in [3.05, 3.63) is 58.9 Å². The number of carbonyl (C=O) groups excluding carboxylic acids is 1. The lowest BCUT2D eigenvalue weighted by Gasteiger charge is -2.28. The predicted molar refractivity (Wildman–Crippen MR) is 131 cm³/mol. The number of nitrogens with zero attached hydrogens (tertiary/aromatic N) is 3. The Kier molecular flexibility index (Phi) is 7.64. The summed E-state index contributed by atoms with van der Waals surface area (Å²) in [6.45, 7) is 5.46. The van der Waals surface area contributed by atoms with Crippen molar-refractivity contribution in [3.8, 4) is 0 Å². The monoisotopic (exact) mass is 468 g/mol. The van der Waals surface area contributed by atoms with Gasteiger partial charge in [-0.25, -0.2) is 4.98 Å². The quantitative estimate of drug-likeness (QED) is 0.401. The van der Waals surface area contributed by atoms with Crippen LogP contribution in [-0.4, -0.2) is 61.2 Å². The molecule has 1 N–H and O–H groups in total. The van der Waals surface area contributed by atoms with Crippen molar-refractivity contribution in [3.63, 3.8) is 0 Å². The standard InChI is InChI=1S/C24H28N4O4S/c1-17(15-31-2)28-23(30)20-5-3-4-6-21(20)26-24(28)33-16-22(29)25-18-7-9-19(10-8-18)27-11-13-32-14-12-27/h3-10,17H,11-16H2,1-2H3,(H,25,29)/t17-/m0/s1. The first kappa shape index (κ1) is 23.3. The largest absolute Gasteiger partial charge is 0.383 e. The topological polar surface area (TPSA) is 85.7 Å². The van der Waals surface area contributed by atoms with Crippen LogP contribution in [0.2, 0.25) is 0 Å². The number of thioether (sulfide) groups is 1.